The van der Waals surface area contributed by atoms with Gasteiger partial charge in [0.15, 0.2) is 0 Å². The normalized spacial score (nSPS) is 14.3. The number of aryl methyl sites for hydroxylation is 1. The zero-order valence-corrected chi connectivity index (χ0v) is 12.9. The monoisotopic (exact) mass is 305 g/mol. The Morgan fingerprint density at radius 2 is 2.38 bits per heavy atom. The van der Waals surface area contributed by atoms with Gasteiger partial charge in [0.1, 0.15) is 10.7 Å². The molecule has 0 radical (unpaired) electrons. The van der Waals surface area contributed by atoms with Crippen molar-refractivity contribution in [2.24, 2.45) is 0 Å². The Labute approximate surface area is 127 Å². The van der Waals surface area contributed by atoms with Crippen LogP contribution in [0.4, 0.5) is 0 Å². The van der Waals surface area contributed by atoms with E-state index in [2.05, 4.69) is 31.4 Å². The van der Waals surface area contributed by atoms with Crippen molar-refractivity contribution in [1.29, 1.82) is 0 Å². The second kappa shape index (κ2) is 6.34. The maximum absolute atomic E-state index is 12.2. The summed E-state index contributed by atoms with van der Waals surface area (Å²) < 4.78 is 6.02. The summed E-state index contributed by atoms with van der Waals surface area (Å²) in [6.45, 7) is 3.42. The number of hydrogen-bond donors (Lipinski definition) is 1. The Morgan fingerprint density at radius 1 is 1.52 bits per heavy atom. The number of imidazole rings is 1. The van der Waals surface area contributed by atoms with Crippen molar-refractivity contribution >= 4 is 17.4 Å². The molecule has 1 N–H and O–H groups in total. The number of nitrogens with one attached hydrogen (secondary N) is 1. The van der Waals surface area contributed by atoms with Crippen molar-refractivity contribution in [3.05, 3.63) is 28.8 Å². The van der Waals surface area contributed by atoms with Crippen molar-refractivity contribution < 1.29 is 4.79 Å². The molecule has 0 aliphatic heterocycles. The highest BCUT2D eigenvalue weighted by Gasteiger charge is 2.27. The quantitative estimate of drug-likeness (QED) is 0.849. The number of amides is 1. The lowest BCUT2D eigenvalue weighted by Crippen LogP contribution is -2.27. The van der Waals surface area contributed by atoms with E-state index >= 15 is 0 Å². The second-order valence-electron chi connectivity index (χ2n) is 5.31. The molecule has 6 nitrogen and oxygen atoms in total. The fourth-order valence-electron chi connectivity index (χ4n) is 2.36. The van der Waals surface area contributed by atoms with Gasteiger partial charge in [-0.3, -0.25) is 4.79 Å². The molecule has 0 atom stereocenters. The van der Waals surface area contributed by atoms with E-state index in [1.807, 2.05) is 12.4 Å². The summed E-state index contributed by atoms with van der Waals surface area (Å²) in [6.07, 6.45) is 8.04. The van der Waals surface area contributed by atoms with Gasteiger partial charge >= 0.3 is 0 Å². The summed E-state index contributed by atoms with van der Waals surface area (Å²) in [5.74, 6) is 1.70. The van der Waals surface area contributed by atoms with Gasteiger partial charge in [-0.2, -0.15) is 0 Å². The molecular formula is C14H19N5OS. The second-order valence-corrected chi connectivity index (χ2v) is 6.06. The van der Waals surface area contributed by atoms with Crippen molar-refractivity contribution in [2.75, 3.05) is 6.54 Å². The molecule has 0 aromatic carbocycles. The van der Waals surface area contributed by atoms with Crippen LogP contribution in [0.2, 0.25) is 0 Å². The van der Waals surface area contributed by atoms with Crippen LogP contribution in [0.25, 0.3) is 0 Å². The molecule has 2 aromatic rings. The number of carbonyl (C=O) groups is 1. The lowest BCUT2D eigenvalue weighted by atomic mass is 10.2. The molecule has 2 heterocycles. The highest BCUT2D eigenvalue weighted by Crippen LogP contribution is 2.38. The van der Waals surface area contributed by atoms with Crippen LogP contribution in [0.5, 0.6) is 0 Å². The van der Waals surface area contributed by atoms with Gasteiger partial charge in [-0.15, -0.1) is 5.10 Å². The van der Waals surface area contributed by atoms with Crippen LogP contribution in [0.1, 0.15) is 53.3 Å². The Balaban J connectivity index is 1.53. The standard InChI is InChI=1S/C14H19N5OS/c1-2-3-11-12(21-18-17-11)14(20)16-7-9-19-8-6-15-13(19)10-4-5-10/h6,8,10H,2-5,7,9H2,1H3,(H,16,20). The fraction of sp³-hybridized carbons (Fsp3) is 0.571. The van der Waals surface area contributed by atoms with Crippen LogP contribution < -0.4 is 5.32 Å². The van der Waals surface area contributed by atoms with E-state index in [9.17, 15) is 4.79 Å². The molecule has 1 aliphatic carbocycles. The number of rotatable bonds is 7. The SMILES string of the molecule is CCCc1nnsc1C(=O)NCCn1ccnc1C1CC1. The summed E-state index contributed by atoms with van der Waals surface area (Å²) in [5, 5.41) is 6.97. The molecule has 2 aromatic heterocycles. The predicted octanol–water partition coefficient (Wildman–Crippen LogP) is 1.99. The molecular weight excluding hydrogens is 286 g/mol. The predicted molar refractivity (Wildman–Crippen MR) is 80.4 cm³/mol. The molecule has 0 bridgehead atoms. The van der Waals surface area contributed by atoms with Crippen LogP contribution >= 0.6 is 11.5 Å². The average molecular weight is 305 g/mol. The smallest absolute Gasteiger partial charge is 0.265 e. The third-order valence-electron chi connectivity index (χ3n) is 3.58. The number of hydrogen-bond acceptors (Lipinski definition) is 5. The molecule has 3 rings (SSSR count). The maximum Gasteiger partial charge on any atom is 0.265 e. The molecule has 0 spiro atoms. The first-order valence-electron chi connectivity index (χ1n) is 7.40. The topological polar surface area (TPSA) is 72.7 Å². The Bertz CT molecular complexity index is 616. The van der Waals surface area contributed by atoms with Crippen molar-refractivity contribution in [3.63, 3.8) is 0 Å². The van der Waals surface area contributed by atoms with Gasteiger partial charge in [-0.05, 0) is 30.8 Å². The summed E-state index contributed by atoms with van der Waals surface area (Å²) in [5.41, 5.74) is 0.807. The molecule has 112 valence electrons. The third kappa shape index (κ3) is 3.29. The summed E-state index contributed by atoms with van der Waals surface area (Å²) in [7, 11) is 0. The van der Waals surface area contributed by atoms with Crippen molar-refractivity contribution in [3.8, 4) is 0 Å². The minimum atomic E-state index is -0.0680. The van der Waals surface area contributed by atoms with E-state index in [0.717, 1.165) is 30.9 Å². The van der Waals surface area contributed by atoms with Gasteiger partial charge in [0, 0.05) is 31.4 Å². The number of nitrogens with zero attached hydrogens (tertiary/aromatic N) is 4. The van der Waals surface area contributed by atoms with E-state index in [1.54, 1.807) is 0 Å². The zero-order chi connectivity index (χ0) is 14.7. The minimum absolute atomic E-state index is 0.0680. The van der Waals surface area contributed by atoms with Gasteiger partial charge in [0.2, 0.25) is 0 Å². The van der Waals surface area contributed by atoms with E-state index < -0.39 is 0 Å². The number of carbonyl (C=O) groups excluding carboxylic acids is 1. The van der Waals surface area contributed by atoms with Gasteiger partial charge in [-0.1, -0.05) is 17.8 Å². The molecule has 1 aliphatic rings. The van der Waals surface area contributed by atoms with Crippen LogP contribution in [0.15, 0.2) is 12.4 Å². The highest BCUT2D eigenvalue weighted by molar-refractivity contribution is 7.08. The van der Waals surface area contributed by atoms with Crippen LogP contribution in [-0.2, 0) is 13.0 Å². The maximum atomic E-state index is 12.2. The summed E-state index contributed by atoms with van der Waals surface area (Å²) in [6, 6.07) is 0. The van der Waals surface area contributed by atoms with Gasteiger partial charge in [-0.25, -0.2) is 4.98 Å². The van der Waals surface area contributed by atoms with Crippen molar-refractivity contribution in [1.82, 2.24) is 24.5 Å². The lowest BCUT2D eigenvalue weighted by Gasteiger charge is -2.08. The van der Waals surface area contributed by atoms with Crippen LogP contribution in [-0.4, -0.2) is 31.6 Å². The third-order valence-corrected chi connectivity index (χ3v) is 4.34. The Hall–Kier alpha value is -1.76. The molecule has 0 unspecified atom stereocenters. The summed E-state index contributed by atoms with van der Waals surface area (Å²) >= 11 is 1.17. The molecule has 21 heavy (non-hydrogen) atoms. The van der Waals surface area contributed by atoms with Gasteiger partial charge in [0.05, 0.1) is 5.69 Å². The van der Waals surface area contributed by atoms with E-state index in [1.165, 1.54) is 24.4 Å². The average Bonchev–Trinajstić information content (AvgIpc) is 3.03. The first kappa shape index (κ1) is 14.2. The van der Waals surface area contributed by atoms with Gasteiger partial charge < -0.3 is 9.88 Å². The number of aromatic nitrogens is 4. The Morgan fingerprint density at radius 3 is 3.14 bits per heavy atom. The van der Waals surface area contributed by atoms with Crippen LogP contribution in [0, 0.1) is 0 Å². The fourth-order valence-corrected chi connectivity index (χ4v) is 2.99. The Kier molecular flexibility index (Phi) is 4.28. The first-order chi connectivity index (χ1) is 10.3. The van der Waals surface area contributed by atoms with E-state index in [0.29, 0.717) is 17.3 Å². The summed E-state index contributed by atoms with van der Waals surface area (Å²) in [4.78, 5) is 17.2. The van der Waals surface area contributed by atoms with E-state index in [-0.39, 0.29) is 5.91 Å². The van der Waals surface area contributed by atoms with Gasteiger partial charge in [0.25, 0.3) is 5.91 Å². The molecule has 1 fully saturated rings. The lowest BCUT2D eigenvalue weighted by molar-refractivity contribution is 0.0955. The van der Waals surface area contributed by atoms with Crippen molar-refractivity contribution in [2.45, 2.75) is 45.1 Å². The largest absolute Gasteiger partial charge is 0.349 e. The minimum Gasteiger partial charge on any atom is -0.349 e. The zero-order valence-electron chi connectivity index (χ0n) is 12.1. The van der Waals surface area contributed by atoms with Crippen LogP contribution in [0.3, 0.4) is 0 Å². The molecule has 1 amide bonds. The molecule has 0 saturated heterocycles. The van der Waals surface area contributed by atoms with E-state index in [4.69, 9.17) is 0 Å². The molecule has 1 saturated carbocycles. The molecule has 7 heteroatoms. The first-order valence-corrected chi connectivity index (χ1v) is 8.17. The highest BCUT2D eigenvalue weighted by atomic mass is 32.1.